The summed E-state index contributed by atoms with van der Waals surface area (Å²) in [5, 5.41) is 6.46. The first kappa shape index (κ1) is 20.5. The van der Waals surface area contributed by atoms with Crippen molar-refractivity contribution >= 4 is 15.8 Å². The van der Waals surface area contributed by atoms with Crippen LogP contribution in [0.2, 0.25) is 0 Å². The summed E-state index contributed by atoms with van der Waals surface area (Å²) in [5.41, 5.74) is 0.978. The molecule has 146 valence electrons. The average molecular weight is 383 g/mol. The molecule has 2 N–H and O–H groups in total. The van der Waals surface area contributed by atoms with E-state index in [9.17, 15) is 8.42 Å². The Morgan fingerprint density at radius 3 is 2.81 bits per heavy atom. The van der Waals surface area contributed by atoms with Crippen LogP contribution in [0.3, 0.4) is 0 Å². The van der Waals surface area contributed by atoms with Crippen LogP contribution < -0.4 is 15.4 Å². The maximum atomic E-state index is 11.3. The van der Waals surface area contributed by atoms with Gasteiger partial charge in [0, 0.05) is 37.7 Å². The highest BCUT2D eigenvalue weighted by Crippen LogP contribution is 2.24. The molecule has 26 heavy (non-hydrogen) atoms. The third-order valence-electron chi connectivity index (χ3n) is 4.41. The summed E-state index contributed by atoms with van der Waals surface area (Å²) < 4.78 is 28.6. The molecule has 1 saturated carbocycles. The number of hydrogen-bond acceptors (Lipinski definition) is 5. The summed E-state index contributed by atoms with van der Waals surface area (Å²) in [7, 11) is -1.27. The van der Waals surface area contributed by atoms with E-state index in [1.807, 2.05) is 19.1 Å². The molecule has 1 heterocycles. The van der Waals surface area contributed by atoms with Crippen LogP contribution in [-0.2, 0) is 16.4 Å². The summed E-state index contributed by atoms with van der Waals surface area (Å²) in [6.07, 6.45) is 8.39. The number of nitrogens with one attached hydrogen (secondary N) is 2. The molecule has 1 aromatic heterocycles. The van der Waals surface area contributed by atoms with Gasteiger partial charge >= 0.3 is 0 Å². The van der Waals surface area contributed by atoms with Gasteiger partial charge in [-0.3, -0.25) is 4.99 Å². The second-order valence-corrected chi connectivity index (χ2v) is 9.14. The molecule has 7 nitrogen and oxygen atoms in total. The van der Waals surface area contributed by atoms with Gasteiger partial charge in [-0.2, -0.15) is 0 Å². The number of pyridine rings is 1. The molecule has 1 unspecified atom stereocenters. The third kappa shape index (κ3) is 7.19. The highest BCUT2D eigenvalue weighted by Gasteiger charge is 2.18. The summed E-state index contributed by atoms with van der Waals surface area (Å²) in [4.78, 5) is 8.58. The van der Waals surface area contributed by atoms with Crippen molar-refractivity contribution in [3.05, 3.63) is 23.9 Å². The largest absolute Gasteiger partial charge is 0.474 e. The van der Waals surface area contributed by atoms with E-state index in [0.717, 1.165) is 18.4 Å². The van der Waals surface area contributed by atoms with Crippen LogP contribution in [0.1, 0.15) is 44.6 Å². The molecule has 1 aromatic rings. The fourth-order valence-electron chi connectivity index (χ4n) is 2.90. The highest BCUT2D eigenvalue weighted by atomic mass is 32.2. The topological polar surface area (TPSA) is 92.7 Å². The lowest BCUT2D eigenvalue weighted by molar-refractivity contribution is 0.199. The van der Waals surface area contributed by atoms with Crippen molar-refractivity contribution in [1.29, 1.82) is 0 Å². The van der Waals surface area contributed by atoms with E-state index in [1.165, 1.54) is 19.1 Å². The summed E-state index contributed by atoms with van der Waals surface area (Å²) in [5.74, 6) is 1.45. The molecule has 0 saturated heterocycles. The zero-order chi connectivity index (χ0) is 19.0. The molecule has 1 fully saturated rings. The normalized spacial score (nSPS) is 17.1. The van der Waals surface area contributed by atoms with E-state index in [-0.39, 0.29) is 17.9 Å². The van der Waals surface area contributed by atoms with Crippen LogP contribution in [0, 0.1) is 0 Å². The molecule has 0 radical (unpaired) electrons. The van der Waals surface area contributed by atoms with Crippen LogP contribution in [-0.4, -0.2) is 50.6 Å². The van der Waals surface area contributed by atoms with E-state index < -0.39 is 9.84 Å². The summed E-state index contributed by atoms with van der Waals surface area (Å²) in [6.45, 7) is 2.48. The molecular formula is C18H30N4O3S. The van der Waals surface area contributed by atoms with E-state index >= 15 is 0 Å². The minimum Gasteiger partial charge on any atom is -0.474 e. The van der Waals surface area contributed by atoms with Crippen LogP contribution in [0.25, 0.3) is 0 Å². The Balaban J connectivity index is 1.87. The standard InChI is InChI=1S/C18H30N4O3S/c1-14(10-12-26(3,23)24)22-18(19-2)21-13-15-7-6-11-20-17(15)25-16-8-4-5-9-16/h6-7,11,14,16H,4-5,8-10,12-13H2,1-3H3,(H2,19,21,22). The summed E-state index contributed by atoms with van der Waals surface area (Å²) in [6, 6.07) is 3.88. The van der Waals surface area contributed by atoms with Crippen LogP contribution in [0.5, 0.6) is 5.88 Å². The Hall–Kier alpha value is -1.83. The molecular weight excluding hydrogens is 352 g/mol. The van der Waals surface area contributed by atoms with E-state index in [0.29, 0.717) is 24.8 Å². The van der Waals surface area contributed by atoms with Crippen LogP contribution in [0.15, 0.2) is 23.3 Å². The van der Waals surface area contributed by atoms with Gasteiger partial charge in [0.25, 0.3) is 0 Å². The monoisotopic (exact) mass is 382 g/mol. The van der Waals surface area contributed by atoms with Crippen molar-refractivity contribution in [3.8, 4) is 5.88 Å². The van der Waals surface area contributed by atoms with Crippen molar-refractivity contribution < 1.29 is 13.2 Å². The molecule has 1 atom stereocenters. The molecule has 0 bridgehead atoms. The van der Waals surface area contributed by atoms with Gasteiger partial charge in [-0.15, -0.1) is 0 Å². The third-order valence-corrected chi connectivity index (χ3v) is 5.38. The first-order chi connectivity index (χ1) is 12.4. The second-order valence-electron chi connectivity index (χ2n) is 6.88. The van der Waals surface area contributed by atoms with Crippen LogP contribution >= 0.6 is 0 Å². The maximum absolute atomic E-state index is 11.3. The molecule has 1 aliphatic rings. The van der Waals surface area contributed by atoms with Gasteiger partial charge in [0.15, 0.2) is 5.96 Å². The minimum absolute atomic E-state index is 0.000896. The Morgan fingerprint density at radius 2 is 2.15 bits per heavy atom. The van der Waals surface area contributed by atoms with Gasteiger partial charge in [0.05, 0.1) is 5.75 Å². The fraction of sp³-hybridized carbons (Fsp3) is 0.667. The first-order valence-electron chi connectivity index (χ1n) is 9.13. The number of rotatable bonds is 8. The molecule has 2 rings (SSSR count). The second kappa shape index (κ2) is 9.75. The molecule has 8 heteroatoms. The Kier molecular flexibility index (Phi) is 7.68. The molecule has 0 aliphatic heterocycles. The SMILES string of the molecule is CN=C(NCc1cccnc1OC1CCCC1)NC(C)CCS(C)(=O)=O. The van der Waals surface area contributed by atoms with Gasteiger partial charge < -0.3 is 15.4 Å². The van der Waals surface area contributed by atoms with Gasteiger partial charge in [-0.05, 0) is 45.1 Å². The maximum Gasteiger partial charge on any atom is 0.218 e. The lowest BCUT2D eigenvalue weighted by atomic mass is 10.2. The zero-order valence-corrected chi connectivity index (χ0v) is 16.7. The Bertz CT molecular complexity index is 700. The number of ether oxygens (including phenoxy) is 1. The molecule has 0 aromatic carbocycles. The predicted octanol–water partition coefficient (Wildman–Crippen LogP) is 1.89. The van der Waals surface area contributed by atoms with Crippen LogP contribution in [0.4, 0.5) is 0 Å². The quantitative estimate of drug-likeness (QED) is 0.527. The van der Waals surface area contributed by atoms with E-state index in [4.69, 9.17) is 4.74 Å². The predicted molar refractivity (Wildman–Crippen MR) is 104 cm³/mol. The van der Waals surface area contributed by atoms with Crippen molar-refractivity contribution in [1.82, 2.24) is 15.6 Å². The number of sulfone groups is 1. The van der Waals surface area contributed by atoms with E-state index in [2.05, 4.69) is 20.6 Å². The molecule has 1 aliphatic carbocycles. The van der Waals surface area contributed by atoms with Gasteiger partial charge in [-0.25, -0.2) is 13.4 Å². The first-order valence-corrected chi connectivity index (χ1v) is 11.2. The lowest BCUT2D eigenvalue weighted by Gasteiger charge is -2.19. The van der Waals surface area contributed by atoms with E-state index in [1.54, 1.807) is 13.2 Å². The lowest BCUT2D eigenvalue weighted by Crippen LogP contribution is -2.42. The number of aliphatic imine (C=N–C) groups is 1. The Morgan fingerprint density at radius 1 is 1.42 bits per heavy atom. The molecule has 0 amide bonds. The Labute approximate surface area is 156 Å². The van der Waals surface area contributed by atoms with Crippen molar-refractivity contribution in [3.63, 3.8) is 0 Å². The smallest absolute Gasteiger partial charge is 0.218 e. The number of hydrogen-bond donors (Lipinski definition) is 2. The van der Waals surface area contributed by atoms with Gasteiger partial charge in [0.1, 0.15) is 15.9 Å². The zero-order valence-electron chi connectivity index (χ0n) is 15.9. The molecule has 0 spiro atoms. The minimum atomic E-state index is -2.96. The summed E-state index contributed by atoms with van der Waals surface area (Å²) >= 11 is 0. The van der Waals surface area contributed by atoms with Crippen molar-refractivity contribution in [2.24, 2.45) is 4.99 Å². The number of nitrogens with zero attached hydrogens (tertiary/aromatic N) is 2. The van der Waals surface area contributed by atoms with Gasteiger partial charge in [-0.1, -0.05) is 6.07 Å². The number of aromatic nitrogens is 1. The van der Waals surface area contributed by atoms with Crippen molar-refractivity contribution in [2.45, 2.75) is 57.7 Å². The van der Waals surface area contributed by atoms with Gasteiger partial charge in [0.2, 0.25) is 5.88 Å². The number of guanidine groups is 1. The fourth-order valence-corrected chi connectivity index (χ4v) is 3.68. The highest BCUT2D eigenvalue weighted by molar-refractivity contribution is 7.90. The average Bonchev–Trinajstić information content (AvgIpc) is 3.10. The van der Waals surface area contributed by atoms with Crippen molar-refractivity contribution in [2.75, 3.05) is 19.1 Å².